The third-order valence-electron chi connectivity index (χ3n) is 11.3. The van der Waals surface area contributed by atoms with Crippen LogP contribution in [-0.4, -0.2) is 50.1 Å². The van der Waals surface area contributed by atoms with Crippen molar-refractivity contribution in [1.29, 1.82) is 0 Å². The number of ether oxygens (including phenoxy) is 3. The van der Waals surface area contributed by atoms with Crippen molar-refractivity contribution in [2.75, 3.05) is 0 Å². The van der Waals surface area contributed by atoms with Crippen molar-refractivity contribution in [2.45, 2.75) is 111 Å². The molecule has 5 rings (SSSR count). The summed E-state index contributed by atoms with van der Waals surface area (Å²) in [7, 11) is -2.33. The smallest absolute Gasteiger partial charge is 0.454 e. The predicted molar refractivity (Wildman–Crippen MR) is 140 cm³/mol. The van der Waals surface area contributed by atoms with Gasteiger partial charge in [0, 0.05) is 18.8 Å². The molecular weight excluding hydrogens is 488 g/mol. The summed E-state index contributed by atoms with van der Waals surface area (Å²) in [6.45, 7) is 22.9. The van der Waals surface area contributed by atoms with Gasteiger partial charge in [0.15, 0.2) is 26.3 Å². The van der Waals surface area contributed by atoms with E-state index in [1.54, 1.807) is 0 Å². The number of carbonyl (C=O) groups excluding carboxylic acids is 3. The number of esters is 1. The topological polar surface area (TPSA) is 88.1 Å². The molecule has 4 fully saturated rings. The molecule has 10 atom stereocenters. The third-order valence-corrected chi connectivity index (χ3v) is 15.8. The van der Waals surface area contributed by atoms with Crippen LogP contribution >= 0.6 is 0 Å². The molecule has 5 aliphatic rings. The van der Waals surface area contributed by atoms with E-state index < -0.39 is 49.8 Å². The lowest BCUT2D eigenvalue weighted by molar-refractivity contribution is -0.181. The van der Waals surface area contributed by atoms with E-state index in [0.29, 0.717) is 5.92 Å². The lowest BCUT2D eigenvalue weighted by atomic mass is 9.59. The Hall–Kier alpha value is -1.67. The van der Waals surface area contributed by atoms with Crippen LogP contribution < -0.4 is 0 Å². The molecular formula is C29H44O7Si. The first-order valence-electron chi connectivity index (χ1n) is 13.8. The Kier molecular flexibility index (Phi) is 5.61. The third kappa shape index (κ3) is 3.23. The normalized spacial score (nSPS) is 45.9. The molecule has 0 aromatic carbocycles. The first-order valence-corrected chi connectivity index (χ1v) is 16.7. The predicted octanol–water partition coefficient (Wildman–Crippen LogP) is 5.68. The zero-order valence-electron chi connectivity index (χ0n) is 24.3. The Labute approximate surface area is 222 Å². The Morgan fingerprint density at radius 2 is 1.78 bits per heavy atom. The molecule has 1 unspecified atom stereocenters. The maximum absolute atomic E-state index is 15.2. The van der Waals surface area contributed by atoms with Crippen LogP contribution in [0.4, 0.5) is 4.79 Å². The quantitative estimate of drug-likeness (QED) is 0.263. The molecule has 7 nitrogen and oxygen atoms in total. The van der Waals surface area contributed by atoms with Gasteiger partial charge in [-0.25, -0.2) is 4.79 Å². The summed E-state index contributed by atoms with van der Waals surface area (Å²) < 4.78 is 25.2. The van der Waals surface area contributed by atoms with Crippen molar-refractivity contribution in [3.8, 4) is 0 Å². The van der Waals surface area contributed by atoms with Crippen molar-refractivity contribution in [1.82, 2.24) is 0 Å². The van der Waals surface area contributed by atoms with Gasteiger partial charge in [-0.2, -0.15) is 0 Å². The lowest BCUT2D eigenvalue weighted by Crippen LogP contribution is -2.65. The number of ketones is 1. The first-order chi connectivity index (χ1) is 16.8. The second-order valence-corrected chi connectivity index (χ2v) is 19.4. The summed E-state index contributed by atoms with van der Waals surface area (Å²) >= 11 is 0. The highest BCUT2D eigenvalue weighted by molar-refractivity contribution is 6.74. The summed E-state index contributed by atoms with van der Waals surface area (Å²) in [6, 6.07) is 0. The second-order valence-electron chi connectivity index (χ2n) is 14.6. The summed E-state index contributed by atoms with van der Waals surface area (Å²) in [5, 5.41) is -0.0660. The summed E-state index contributed by atoms with van der Waals surface area (Å²) in [6.07, 6.45) is -0.125. The minimum Gasteiger partial charge on any atom is -0.454 e. The van der Waals surface area contributed by atoms with E-state index in [9.17, 15) is 9.59 Å². The highest BCUT2D eigenvalue weighted by atomic mass is 28.4. The number of fused-ring (bicyclic) bond motifs is 3. The van der Waals surface area contributed by atoms with Crippen LogP contribution in [0, 0.1) is 40.4 Å². The molecule has 2 spiro atoms. The number of rotatable bonds is 3. The van der Waals surface area contributed by atoms with Gasteiger partial charge < -0.3 is 18.6 Å². The maximum atomic E-state index is 15.2. The molecule has 4 aliphatic carbocycles. The van der Waals surface area contributed by atoms with Gasteiger partial charge in [0.05, 0.1) is 11.5 Å². The molecule has 0 aromatic heterocycles. The fraction of sp³-hybridized carbons (Fsp3) is 0.828. The molecule has 2 bridgehead atoms. The number of hydrogen-bond acceptors (Lipinski definition) is 7. The number of carbonyl (C=O) groups is 3. The van der Waals surface area contributed by atoms with Gasteiger partial charge >= 0.3 is 12.1 Å². The fourth-order valence-corrected chi connectivity index (χ4v) is 9.82. The van der Waals surface area contributed by atoms with Gasteiger partial charge in [0.1, 0.15) is 0 Å². The van der Waals surface area contributed by atoms with E-state index in [1.165, 1.54) is 6.92 Å². The molecule has 0 aromatic rings. The van der Waals surface area contributed by atoms with Gasteiger partial charge in [-0.05, 0) is 60.2 Å². The van der Waals surface area contributed by atoms with E-state index in [-0.39, 0.29) is 39.9 Å². The van der Waals surface area contributed by atoms with Gasteiger partial charge in [-0.1, -0.05) is 54.5 Å². The Morgan fingerprint density at radius 1 is 1.16 bits per heavy atom. The Balaban J connectivity index is 1.77. The van der Waals surface area contributed by atoms with Gasteiger partial charge in [-0.3, -0.25) is 9.59 Å². The monoisotopic (exact) mass is 532 g/mol. The van der Waals surface area contributed by atoms with Crippen LogP contribution in [0.2, 0.25) is 18.1 Å². The van der Waals surface area contributed by atoms with E-state index >= 15 is 4.79 Å². The molecule has 1 heterocycles. The minimum atomic E-state index is -2.33. The van der Waals surface area contributed by atoms with Crippen LogP contribution in [-0.2, 0) is 28.2 Å². The highest BCUT2D eigenvalue weighted by Gasteiger charge is 2.83. The van der Waals surface area contributed by atoms with E-state index in [1.807, 2.05) is 19.9 Å². The molecule has 8 heteroatoms. The number of hydrogen-bond donors (Lipinski definition) is 0. The molecule has 206 valence electrons. The Bertz CT molecular complexity index is 1090. The molecule has 1 saturated heterocycles. The zero-order chi connectivity index (χ0) is 27.7. The Morgan fingerprint density at radius 3 is 2.35 bits per heavy atom. The van der Waals surface area contributed by atoms with Crippen molar-refractivity contribution in [2.24, 2.45) is 40.4 Å². The van der Waals surface area contributed by atoms with Crippen LogP contribution in [0.15, 0.2) is 11.6 Å². The fourth-order valence-electron chi connectivity index (χ4n) is 8.42. The molecule has 0 amide bonds. The molecule has 3 saturated carbocycles. The molecule has 1 aliphatic heterocycles. The zero-order valence-corrected chi connectivity index (χ0v) is 25.3. The van der Waals surface area contributed by atoms with E-state index in [2.05, 4.69) is 54.6 Å². The van der Waals surface area contributed by atoms with Crippen molar-refractivity contribution >= 4 is 26.2 Å². The van der Waals surface area contributed by atoms with Crippen molar-refractivity contribution < 1.29 is 33.0 Å². The average Bonchev–Trinajstić information content (AvgIpc) is 3.03. The van der Waals surface area contributed by atoms with Crippen LogP contribution in [0.25, 0.3) is 0 Å². The maximum Gasteiger partial charge on any atom is 0.509 e. The van der Waals surface area contributed by atoms with Crippen LogP contribution in [0.1, 0.15) is 68.7 Å². The summed E-state index contributed by atoms with van der Waals surface area (Å²) in [5.74, 6) is -0.719. The lowest BCUT2D eigenvalue weighted by Gasteiger charge is -2.47. The van der Waals surface area contributed by atoms with Gasteiger partial charge in [-0.15, -0.1) is 0 Å². The van der Waals surface area contributed by atoms with Gasteiger partial charge in [0.2, 0.25) is 5.60 Å². The minimum absolute atomic E-state index is 0.0156. The van der Waals surface area contributed by atoms with E-state index in [4.69, 9.17) is 18.6 Å². The molecule has 0 radical (unpaired) electrons. The van der Waals surface area contributed by atoms with Crippen LogP contribution in [0.3, 0.4) is 0 Å². The van der Waals surface area contributed by atoms with Gasteiger partial charge in [0.25, 0.3) is 0 Å². The molecule has 0 N–H and O–H groups in total. The van der Waals surface area contributed by atoms with Crippen molar-refractivity contribution in [3.05, 3.63) is 11.6 Å². The highest BCUT2D eigenvalue weighted by Crippen LogP contribution is 2.74. The van der Waals surface area contributed by atoms with Crippen LogP contribution in [0.5, 0.6) is 0 Å². The first kappa shape index (κ1) is 26.9. The van der Waals surface area contributed by atoms with E-state index in [0.717, 1.165) is 12.0 Å². The summed E-state index contributed by atoms with van der Waals surface area (Å²) in [4.78, 5) is 40.5. The summed E-state index contributed by atoms with van der Waals surface area (Å²) in [5.41, 5.74) is -1.84. The average molecular weight is 533 g/mol. The largest absolute Gasteiger partial charge is 0.509 e. The standard InChI is InChI=1S/C29H44O7Si/c1-14-13-28-15(2)12-18-20(27(18,8)9)19(22(28)31)21(36-37(10,11)26(5,6)7)16(3)24-29(28,35-25(32)34-24)23(14)33-17(4)30/h13,15-16,18-21,23-24H,12H2,1-11H3/t15-,16+,18-,19-,20-,21-,23+,24-,28+,29?/m1/s1. The van der Waals surface area contributed by atoms with Crippen molar-refractivity contribution in [3.63, 3.8) is 0 Å². The molecule has 37 heavy (non-hydrogen) atoms. The number of Topliss-reactive ketones (excluding diaryl/α,β-unsaturated/α-hetero) is 1. The SMILES string of the molecule is CC(=O)O[C@H]1C(C)=C[C@]23C(=O)[C@@H]([C@H](O[Si](C)(C)C(C)(C)C)[C@H](C)[C@H]4OC(=O)OC412)[C@H]1[C@@H](C[C@H]3C)C1(C)C. The second kappa shape index (κ2) is 7.71.